The smallest absolute Gasteiger partial charge is 0.0936 e. The molecule has 25 heavy (non-hydrogen) atoms. The molecule has 122 valence electrons. The number of nitrogens with zero attached hydrogens (tertiary/aromatic N) is 1. The van der Waals surface area contributed by atoms with Crippen LogP contribution in [0.2, 0.25) is 0 Å². The van der Waals surface area contributed by atoms with Gasteiger partial charge in [0, 0.05) is 29.4 Å². The van der Waals surface area contributed by atoms with E-state index in [9.17, 15) is 0 Å². The Morgan fingerprint density at radius 1 is 0.720 bits per heavy atom. The van der Waals surface area contributed by atoms with E-state index in [1.807, 2.05) is 36.5 Å². The molecule has 4 aromatic rings. The van der Waals surface area contributed by atoms with Crippen molar-refractivity contribution in [3.8, 4) is 11.1 Å². The van der Waals surface area contributed by atoms with Crippen LogP contribution in [-0.4, -0.2) is 4.98 Å². The molecule has 0 fully saturated rings. The Hall–Kier alpha value is -3.17. The molecule has 0 saturated heterocycles. The third kappa shape index (κ3) is 2.97. The lowest BCUT2D eigenvalue weighted by molar-refractivity contribution is 1.07. The van der Waals surface area contributed by atoms with E-state index in [2.05, 4.69) is 58.8 Å². The van der Waals surface area contributed by atoms with Crippen LogP contribution in [0, 0.1) is 0 Å². The van der Waals surface area contributed by atoms with Gasteiger partial charge >= 0.3 is 0 Å². The first-order chi connectivity index (χ1) is 12.4. The molecule has 0 atom stereocenters. The summed E-state index contributed by atoms with van der Waals surface area (Å²) in [4.78, 5) is 4.53. The van der Waals surface area contributed by atoms with Gasteiger partial charge in [-0.2, -0.15) is 0 Å². The molecule has 0 radical (unpaired) electrons. The third-order valence-corrected chi connectivity index (χ3v) is 4.36. The molecule has 3 heteroatoms. The average Bonchev–Trinajstić information content (AvgIpc) is 2.69. The van der Waals surface area contributed by atoms with E-state index in [0.29, 0.717) is 6.54 Å². The van der Waals surface area contributed by atoms with Gasteiger partial charge in [-0.05, 0) is 29.3 Å². The van der Waals surface area contributed by atoms with Crippen molar-refractivity contribution in [2.24, 2.45) is 5.73 Å². The summed E-state index contributed by atoms with van der Waals surface area (Å²) in [7, 11) is 0. The van der Waals surface area contributed by atoms with Gasteiger partial charge < -0.3 is 11.1 Å². The number of benzene rings is 3. The van der Waals surface area contributed by atoms with Crippen LogP contribution in [0.4, 0.5) is 11.4 Å². The highest BCUT2D eigenvalue weighted by atomic mass is 14.9. The van der Waals surface area contributed by atoms with Crippen molar-refractivity contribution in [2.75, 3.05) is 5.32 Å². The highest BCUT2D eigenvalue weighted by molar-refractivity contribution is 5.94. The Bertz CT molecular complexity index is 1020. The summed E-state index contributed by atoms with van der Waals surface area (Å²) in [6.07, 6.45) is 1.82. The predicted octanol–water partition coefficient (Wildman–Crippen LogP) is 5.10. The van der Waals surface area contributed by atoms with Crippen molar-refractivity contribution in [1.82, 2.24) is 4.98 Å². The first-order valence-electron chi connectivity index (χ1n) is 8.35. The Labute approximate surface area is 147 Å². The van der Waals surface area contributed by atoms with Crippen LogP contribution < -0.4 is 11.1 Å². The van der Waals surface area contributed by atoms with Gasteiger partial charge in [-0.3, -0.25) is 4.98 Å². The van der Waals surface area contributed by atoms with Gasteiger partial charge in [0.2, 0.25) is 0 Å². The lowest BCUT2D eigenvalue weighted by Crippen LogP contribution is -2.00. The van der Waals surface area contributed by atoms with E-state index in [-0.39, 0.29) is 0 Å². The van der Waals surface area contributed by atoms with Crippen molar-refractivity contribution < 1.29 is 0 Å². The molecule has 4 rings (SSSR count). The molecule has 3 aromatic carbocycles. The molecular weight excluding hydrogens is 306 g/mol. The number of hydrogen-bond donors (Lipinski definition) is 2. The quantitative estimate of drug-likeness (QED) is 0.548. The number of anilines is 2. The highest BCUT2D eigenvalue weighted by Crippen LogP contribution is 2.33. The molecule has 0 spiro atoms. The Morgan fingerprint density at radius 3 is 2.32 bits per heavy atom. The highest BCUT2D eigenvalue weighted by Gasteiger charge is 2.10. The molecule has 1 heterocycles. The third-order valence-electron chi connectivity index (χ3n) is 4.36. The molecule has 1 aromatic heterocycles. The number of pyridine rings is 1. The lowest BCUT2D eigenvalue weighted by atomic mass is 9.98. The minimum absolute atomic E-state index is 0.514. The first-order valence-corrected chi connectivity index (χ1v) is 8.35. The van der Waals surface area contributed by atoms with E-state index in [1.54, 1.807) is 0 Å². The average molecular weight is 325 g/mol. The van der Waals surface area contributed by atoms with Gasteiger partial charge in [-0.1, -0.05) is 60.7 Å². The van der Waals surface area contributed by atoms with Gasteiger partial charge in [-0.25, -0.2) is 0 Å². The molecule has 3 N–H and O–H groups in total. The summed E-state index contributed by atoms with van der Waals surface area (Å²) in [6.45, 7) is 0.514. The first kappa shape index (κ1) is 15.4. The maximum absolute atomic E-state index is 5.93. The SMILES string of the molecule is NCc1ccccc1-c1ccccc1Nc1cccc2cccnc12. The van der Waals surface area contributed by atoms with Gasteiger partial charge in [0.1, 0.15) is 0 Å². The summed E-state index contributed by atoms with van der Waals surface area (Å²) in [5, 5.41) is 4.68. The molecule has 0 unspecified atom stereocenters. The minimum atomic E-state index is 0.514. The van der Waals surface area contributed by atoms with Crippen LogP contribution in [0.25, 0.3) is 22.0 Å². The van der Waals surface area contributed by atoms with Gasteiger partial charge in [0.05, 0.1) is 11.2 Å². The molecule has 0 aliphatic carbocycles. The van der Waals surface area contributed by atoms with Crippen LogP contribution in [0.1, 0.15) is 5.56 Å². The zero-order valence-electron chi connectivity index (χ0n) is 13.8. The van der Waals surface area contributed by atoms with Crippen LogP contribution >= 0.6 is 0 Å². The van der Waals surface area contributed by atoms with E-state index in [4.69, 9.17) is 5.73 Å². The summed E-state index contributed by atoms with van der Waals surface area (Å²) < 4.78 is 0. The molecule has 0 bridgehead atoms. The van der Waals surface area contributed by atoms with Gasteiger partial charge in [0.25, 0.3) is 0 Å². The number of nitrogens with two attached hydrogens (primary N) is 1. The number of hydrogen-bond acceptors (Lipinski definition) is 3. The van der Waals surface area contributed by atoms with E-state index < -0.39 is 0 Å². The molecule has 0 aliphatic rings. The summed E-state index contributed by atoms with van der Waals surface area (Å²) in [5.41, 5.74) is 12.4. The van der Waals surface area contributed by atoms with Crippen LogP contribution in [0.15, 0.2) is 85.1 Å². The Morgan fingerprint density at radius 2 is 1.44 bits per heavy atom. The fraction of sp³-hybridized carbons (Fsp3) is 0.0455. The van der Waals surface area contributed by atoms with E-state index >= 15 is 0 Å². The standard InChI is InChI=1S/C22H19N3/c23-15-17-7-1-2-10-18(17)19-11-3-4-12-20(19)25-21-13-5-8-16-9-6-14-24-22(16)21/h1-14,25H,15,23H2. The monoisotopic (exact) mass is 325 g/mol. The van der Waals surface area contributed by atoms with Gasteiger partial charge in [-0.15, -0.1) is 0 Å². The number of para-hydroxylation sites is 2. The second-order valence-electron chi connectivity index (χ2n) is 5.91. The normalized spacial score (nSPS) is 10.8. The van der Waals surface area contributed by atoms with Crippen molar-refractivity contribution >= 4 is 22.3 Å². The molecule has 0 amide bonds. The zero-order chi connectivity index (χ0) is 17.1. The number of nitrogens with one attached hydrogen (secondary N) is 1. The molecule has 0 aliphatic heterocycles. The van der Waals surface area contributed by atoms with Crippen LogP contribution in [0.5, 0.6) is 0 Å². The van der Waals surface area contributed by atoms with Crippen molar-refractivity contribution in [2.45, 2.75) is 6.54 Å². The molecular formula is C22H19N3. The summed E-state index contributed by atoms with van der Waals surface area (Å²) in [5.74, 6) is 0. The predicted molar refractivity (Wildman–Crippen MR) is 105 cm³/mol. The van der Waals surface area contributed by atoms with Crippen LogP contribution in [-0.2, 0) is 6.54 Å². The fourth-order valence-electron chi connectivity index (χ4n) is 3.14. The van der Waals surface area contributed by atoms with Crippen molar-refractivity contribution in [1.29, 1.82) is 0 Å². The Balaban J connectivity index is 1.82. The molecule has 0 saturated carbocycles. The van der Waals surface area contributed by atoms with E-state index in [0.717, 1.165) is 39.0 Å². The largest absolute Gasteiger partial charge is 0.353 e. The number of rotatable bonds is 4. The second-order valence-corrected chi connectivity index (χ2v) is 5.91. The van der Waals surface area contributed by atoms with Crippen molar-refractivity contribution in [3.63, 3.8) is 0 Å². The number of fused-ring (bicyclic) bond motifs is 1. The number of aromatic nitrogens is 1. The summed E-state index contributed by atoms with van der Waals surface area (Å²) in [6, 6.07) is 26.8. The maximum Gasteiger partial charge on any atom is 0.0936 e. The lowest BCUT2D eigenvalue weighted by Gasteiger charge is -2.15. The van der Waals surface area contributed by atoms with Crippen LogP contribution in [0.3, 0.4) is 0 Å². The fourth-order valence-corrected chi connectivity index (χ4v) is 3.14. The second kappa shape index (κ2) is 6.75. The minimum Gasteiger partial charge on any atom is -0.353 e. The van der Waals surface area contributed by atoms with Crippen molar-refractivity contribution in [3.05, 3.63) is 90.6 Å². The topological polar surface area (TPSA) is 50.9 Å². The van der Waals surface area contributed by atoms with Gasteiger partial charge in [0.15, 0.2) is 0 Å². The maximum atomic E-state index is 5.93. The summed E-state index contributed by atoms with van der Waals surface area (Å²) >= 11 is 0. The molecule has 3 nitrogen and oxygen atoms in total. The van der Waals surface area contributed by atoms with E-state index in [1.165, 1.54) is 0 Å². The Kier molecular flexibility index (Phi) is 4.15. The zero-order valence-corrected chi connectivity index (χ0v) is 13.8.